The van der Waals surface area contributed by atoms with Gasteiger partial charge in [0.2, 0.25) is 0 Å². The van der Waals surface area contributed by atoms with Crippen LogP contribution in [0.15, 0.2) is 60.7 Å². The highest BCUT2D eigenvalue weighted by atomic mass is 16.7. The van der Waals surface area contributed by atoms with Gasteiger partial charge >= 0.3 is 11.9 Å². The normalized spacial score (nSPS) is 12.5. The van der Waals surface area contributed by atoms with Gasteiger partial charge in [-0.3, -0.25) is 0 Å². The van der Waals surface area contributed by atoms with E-state index in [2.05, 4.69) is 11.8 Å². The second kappa shape index (κ2) is 9.37. The van der Waals surface area contributed by atoms with Crippen LogP contribution in [0.5, 0.6) is 0 Å². The number of aliphatic hydroxyl groups excluding tert-OH is 2. The van der Waals surface area contributed by atoms with Gasteiger partial charge in [-0.05, 0) is 31.2 Å². The maximum absolute atomic E-state index is 12.2. The maximum atomic E-state index is 12.2. The Morgan fingerprint density at radius 3 is 1.62 bits per heavy atom. The molecule has 2 atom stereocenters. The summed E-state index contributed by atoms with van der Waals surface area (Å²) in [7, 11) is 0. The van der Waals surface area contributed by atoms with E-state index in [1.165, 1.54) is 31.2 Å². The van der Waals surface area contributed by atoms with Gasteiger partial charge < -0.3 is 19.7 Å². The van der Waals surface area contributed by atoms with Gasteiger partial charge in [0, 0.05) is 0 Å². The zero-order valence-corrected chi connectivity index (χ0v) is 14.0. The van der Waals surface area contributed by atoms with Crippen molar-refractivity contribution in [2.45, 2.75) is 25.4 Å². The molecule has 2 rings (SSSR count). The summed E-state index contributed by atoms with van der Waals surface area (Å²) in [6.45, 7) is 1.40. The SMILES string of the molecule is CC(O)C#CC(O)C(OC(=O)c1ccccc1)OC(=O)c1ccccc1. The summed E-state index contributed by atoms with van der Waals surface area (Å²) in [4.78, 5) is 24.4. The third-order valence-corrected chi connectivity index (χ3v) is 3.16. The van der Waals surface area contributed by atoms with Crippen molar-refractivity contribution in [3.63, 3.8) is 0 Å². The van der Waals surface area contributed by atoms with E-state index in [0.717, 1.165) is 0 Å². The highest BCUT2D eigenvalue weighted by molar-refractivity contribution is 5.91. The zero-order valence-electron chi connectivity index (χ0n) is 14.0. The Bertz CT molecular complexity index is 736. The molecule has 2 aromatic rings. The molecule has 2 unspecified atom stereocenters. The molecule has 0 fully saturated rings. The number of aliphatic hydroxyl groups is 2. The maximum Gasteiger partial charge on any atom is 0.341 e. The molecule has 0 aromatic heterocycles. The molecule has 0 amide bonds. The Labute approximate surface area is 151 Å². The molecule has 2 N–H and O–H groups in total. The van der Waals surface area contributed by atoms with Gasteiger partial charge in [-0.2, -0.15) is 0 Å². The van der Waals surface area contributed by atoms with E-state index in [1.807, 2.05) is 0 Å². The highest BCUT2D eigenvalue weighted by Gasteiger charge is 2.27. The van der Waals surface area contributed by atoms with E-state index in [4.69, 9.17) is 9.47 Å². The predicted molar refractivity (Wildman–Crippen MR) is 93.0 cm³/mol. The molecule has 26 heavy (non-hydrogen) atoms. The van der Waals surface area contributed by atoms with Crippen molar-refractivity contribution in [3.05, 3.63) is 71.8 Å². The van der Waals surface area contributed by atoms with Crippen molar-refractivity contribution in [1.29, 1.82) is 0 Å². The average molecular weight is 354 g/mol. The average Bonchev–Trinajstić information content (AvgIpc) is 2.66. The number of benzene rings is 2. The van der Waals surface area contributed by atoms with E-state index in [1.54, 1.807) is 36.4 Å². The number of hydrogen-bond acceptors (Lipinski definition) is 6. The molecule has 0 spiro atoms. The molecule has 0 saturated carbocycles. The Balaban J connectivity index is 2.17. The molecule has 0 aliphatic heterocycles. The van der Waals surface area contributed by atoms with Crippen molar-refractivity contribution in [2.75, 3.05) is 0 Å². The van der Waals surface area contributed by atoms with Crippen LogP contribution >= 0.6 is 0 Å². The number of ether oxygens (including phenoxy) is 2. The van der Waals surface area contributed by atoms with Gasteiger partial charge in [-0.15, -0.1) is 0 Å². The molecule has 0 saturated heterocycles. The van der Waals surface area contributed by atoms with Crippen molar-refractivity contribution in [3.8, 4) is 11.8 Å². The van der Waals surface area contributed by atoms with Gasteiger partial charge in [0.05, 0.1) is 11.1 Å². The third kappa shape index (κ3) is 5.74. The quantitative estimate of drug-likeness (QED) is 0.483. The first-order valence-electron chi connectivity index (χ1n) is 7.86. The van der Waals surface area contributed by atoms with E-state index in [9.17, 15) is 19.8 Å². The first-order chi connectivity index (χ1) is 12.5. The second-order valence-electron chi connectivity index (χ2n) is 5.32. The lowest BCUT2D eigenvalue weighted by Crippen LogP contribution is -2.35. The highest BCUT2D eigenvalue weighted by Crippen LogP contribution is 2.11. The topological polar surface area (TPSA) is 93.1 Å². The van der Waals surface area contributed by atoms with Crippen LogP contribution in [0.3, 0.4) is 0 Å². The van der Waals surface area contributed by atoms with Gasteiger partial charge in [-0.25, -0.2) is 9.59 Å². The number of hydrogen-bond donors (Lipinski definition) is 2. The Kier molecular flexibility index (Phi) is 6.92. The standard InChI is InChI=1S/C20H18O6/c1-14(21)12-13-17(22)20(25-18(23)15-8-4-2-5-9-15)26-19(24)16-10-6-3-7-11-16/h2-11,14,17,20-22H,1H3. The Morgan fingerprint density at radius 2 is 1.23 bits per heavy atom. The lowest BCUT2D eigenvalue weighted by molar-refractivity contribution is -0.120. The number of carbonyl (C=O) groups excluding carboxylic acids is 2. The predicted octanol–water partition coefficient (Wildman–Crippen LogP) is 1.77. The van der Waals surface area contributed by atoms with Crippen molar-refractivity contribution >= 4 is 11.9 Å². The summed E-state index contributed by atoms with van der Waals surface area (Å²) in [5.41, 5.74) is 0.452. The van der Waals surface area contributed by atoms with Crippen LogP contribution in [0.25, 0.3) is 0 Å². The van der Waals surface area contributed by atoms with E-state index in [0.29, 0.717) is 0 Å². The van der Waals surface area contributed by atoms with E-state index < -0.39 is 30.4 Å². The molecular weight excluding hydrogens is 336 g/mol. The number of rotatable bonds is 5. The van der Waals surface area contributed by atoms with Crippen LogP contribution in [0.4, 0.5) is 0 Å². The van der Waals surface area contributed by atoms with E-state index in [-0.39, 0.29) is 11.1 Å². The van der Waals surface area contributed by atoms with Crippen LogP contribution in [0.1, 0.15) is 27.6 Å². The van der Waals surface area contributed by atoms with Crippen LogP contribution in [0, 0.1) is 11.8 Å². The molecule has 134 valence electrons. The molecular formula is C20H18O6. The summed E-state index contributed by atoms with van der Waals surface area (Å²) >= 11 is 0. The fourth-order valence-electron chi connectivity index (χ4n) is 1.92. The molecule has 0 aliphatic rings. The van der Waals surface area contributed by atoms with Gasteiger partial charge in [0.15, 0.2) is 6.10 Å². The molecule has 0 radical (unpaired) electrons. The second-order valence-corrected chi connectivity index (χ2v) is 5.32. The smallest absolute Gasteiger partial charge is 0.341 e. The first-order valence-corrected chi connectivity index (χ1v) is 7.86. The minimum absolute atomic E-state index is 0.226. The van der Waals surface area contributed by atoms with Crippen molar-refractivity contribution in [1.82, 2.24) is 0 Å². The molecule has 2 aromatic carbocycles. The number of carbonyl (C=O) groups is 2. The Morgan fingerprint density at radius 1 is 0.808 bits per heavy atom. The summed E-state index contributed by atoms with van der Waals surface area (Å²) in [5, 5.41) is 19.3. The lowest BCUT2D eigenvalue weighted by Gasteiger charge is -2.20. The first kappa shape index (κ1) is 19.2. The lowest BCUT2D eigenvalue weighted by atomic mass is 10.2. The third-order valence-electron chi connectivity index (χ3n) is 3.16. The largest absolute Gasteiger partial charge is 0.417 e. The van der Waals surface area contributed by atoms with Crippen LogP contribution in [0.2, 0.25) is 0 Å². The fraction of sp³-hybridized carbons (Fsp3) is 0.200. The monoisotopic (exact) mass is 354 g/mol. The summed E-state index contributed by atoms with van der Waals surface area (Å²) in [5.74, 6) is 3.06. The number of esters is 2. The minimum Gasteiger partial charge on any atom is -0.417 e. The van der Waals surface area contributed by atoms with E-state index >= 15 is 0 Å². The summed E-state index contributed by atoms with van der Waals surface area (Å²) in [6.07, 6.45) is -4.27. The van der Waals surface area contributed by atoms with Crippen LogP contribution in [-0.2, 0) is 9.47 Å². The fourth-order valence-corrected chi connectivity index (χ4v) is 1.92. The summed E-state index contributed by atoms with van der Waals surface area (Å²) < 4.78 is 10.2. The van der Waals surface area contributed by atoms with Crippen molar-refractivity contribution in [2.24, 2.45) is 0 Å². The molecule has 0 aliphatic carbocycles. The Hall–Kier alpha value is -3.14. The zero-order chi connectivity index (χ0) is 18.9. The van der Waals surface area contributed by atoms with Gasteiger partial charge in [-0.1, -0.05) is 48.2 Å². The molecule has 6 nitrogen and oxygen atoms in total. The molecule has 0 bridgehead atoms. The minimum atomic E-state index is -1.65. The van der Waals surface area contributed by atoms with Crippen LogP contribution < -0.4 is 0 Å². The van der Waals surface area contributed by atoms with Crippen molar-refractivity contribution < 1.29 is 29.3 Å². The summed E-state index contributed by atoms with van der Waals surface area (Å²) in [6, 6.07) is 16.1. The molecule has 0 heterocycles. The van der Waals surface area contributed by atoms with Gasteiger partial charge in [0.25, 0.3) is 6.29 Å². The molecule has 6 heteroatoms. The van der Waals surface area contributed by atoms with Crippen LogP contribution in [-0.4, -0.2) is 40.6 Å². The van der Waals surface area contributed by atoms with Gasteiger partial charge in [0.1, 0.15) is 6.10 Å².